The summed E-state index contributed by atoms with van der Waals surface area (Å²) in [6.07, 6.45) is 2.22. The van der Waals surface area contributed by atoms with Crippen molar-refractivity contribution in [2.45, 2.75) is 19.4 Å². The van der Waals surface area contributed by atoms with Crippen LogP contribution in [-0.2, 0) is 11.3 Å². The average Bonchev–Trinajstić information content (AvgIpc) is 2.88. The lowest BCUT2D eigenvalue weighted by molar-refractivity contribution is 0.109. The Labute approximate surface area is 107 Å². The Kier molecular flexibility index (Phi) is 4.68. The van der Waals surface area contributed by atoms with Gasteiger partial charge in [0.25, 0.3) is 0 Å². The van der Waals surface area contributed by atoms with Crippen LogP contribution in [0.25, 0.3) is 0 Å². The highest BCUT2D eigenvalue weighted by atomic mass is 19.1. The zero-order chi connectivity index (χ0) is 12.8. The Hall–Kier alpha value is -1.44. The summed E-state index contributed by atoms with van der Waals surface area (Å²) in [6, 6.07) is 6.21. The molecule has 1 aliphatic rings. The molecule has 1 heterocycles. The minimum atomic E-state index is -0.326. The predicted molar refractivity (Wildman–Crippen MR) is 66.4 cm³/mol. The van der Waals surface area contributed by atoms with Gasteiger partial charge in [-0.05, 0) is 55.6 Å². The van der Waals surface area contributed by atoms with Crippen molar-refractivity contribution in [3.05, 3.63) is 35.1 Å². The minimum absolute atomic E-state index is 0.306. The second-order valence-corrected chi connectivity index (χ2v) is 4.61. The molecule has 2 rings (SSSR count). The maximum absolute atomic E-state index is 13.1. The van der Waals surface area contributed by atoms with Crippen LogP contribution in [-0.4, -0.2) is 19.7 Å². The molecular formula is C14H17FN2O. The van der Waals surface area contributed by atoms with Crippen LogP contribution in [0, 0.1) is 23.1 Å². The smallest absolute Gasteiger partial charge is 0.123 e. The molecular weight excluding hydrogens is 231 g/mol. The molecule has 1 aliphatic heterocycles. The van der Waals surface area contributed by atoms with Crippen molar-refractivity contribution < 1.29 is 9.13 Å². The lowest BCUT2D eigenvalue weighted by atomic mass is 10.1. The Balaban J connectivity index is 1.79. The first-order valence-electron chi connectivity index (χ1n) is 6.26. The third-order valence-corrected chi connectivity index (χ3v) is 3.28. The van der Waals surface area contributed by atoms with E-state index in [0.717, 1.165) is 19.5 Å². The molecule has 0 radical (unpaired) electrons. The van der Waals surface area contributed by atoms with E-state index < -0.39 is 0 Å². The fourth-order valence-corrected chi connectivity index (χ4v) is 2.18. The summed E-state index contributed by atoms with van der Waals surface area (Å²) < 4.78 is 18.6. The monoisotopic (exact) mass is 248 g/mol. The zero-order valence-corrected chi connectivity index (χ0v) is 10.3. The molecule has 1 saturated heterocycles. The Morgan fingerprint density at radius 1 is 1.50 bits per heavy atom. The maximum atomic E-state index is 13.1. The number of ether oxygens (including phenoxy) is 1. The van der Waals surface area contributed by atoms with Crippen LogP contribution < -0.4 is 5.32 Å². The fourth-order valence-electron chi connectivity index (χ4n) is 2.18. The molecule has 0 amide bonds. The highest BCUT2D eigenvalue weighted by molar-refractivity contribution is 5.37. The molecule has 0 aliphatic carbocycles. The van der Waals surface area contributed by atoms with Crippen molar-refractivity contribution in [3.63, 3.8) is 0 Å². The first-order valence-corrected chi connectivity index (χ1v) is 6.26. The highest BCUT2D eigenvalue weighted by Crippen LogP contribution is 2.14. The van der Waals surface area contributed by atoms with Gasteiger partial charge in [0.05, 0.1) is 18.2 Å². The number of hydrogen-bond donors (Lipinski definition) is 1. The third kappa shape index (κ3) is 3.52. The summed E-state index contributed by atoms with van der Waals surface area (Å²) in [7, 11) is 0. The average molecular weight is 248 g/mol. The van der Waals surface area contributed by atoms with Crippen LogP contribution in [0.15, 0.2) is 18.2 Å². The summed E-state index contributed by atoms with van der Waals surface area (Å²) in [4.78, 5) is 0. The molecule has 1 unspecified atom stereocenters. The Bertz CT molecular complexity index is 436. The zero-order valence-electron chi connectivity index (χ0n) is 10.3. The molecule has 1 atom stereocenters. The van der Waals surface area contributed by atoms with Crippen LogP contribution in [0.5, 0.6) is 0 Å². The molecule has 0 aromatic heterocycles. The van der Waals surface area contributed by atoms with E-state index in [9.17, 15) is 4.39 Å². The molecule has 1 aromatic rings. The number of benzene rings is 1. The highest BCUT2D eigenvalue weighted by Gasteiger charge is 2.13. The number of nitrogens with zero attached hydrogens (tertiary/aromatic N) is 1. The van der Waals surface area contributed by atoms with Crippen LogP contribution in [0.4, 0.5) is 4.39 Å². The minimum Gasteiger partial charge on any atom is -0.377 e. The number of nitrogens with one attached hydrogen (secondary N) is 1. The Morgan fingerprint density at radius 2 is 2.39 bits per heavy atom. The van der Waals surface area contributed by atoms with Gasteiger partial charge in [0.2, 0.25) is 0 Å². The molecule has 96 valence electrons. The van der Waals surface area contributed by atoms with Crippen molar-refractivity contribution in [1.29, 1.82) is 5.26 Å². The van der Waals surface area contributed by atoms with Gasteiger partial charge in [0, 0.05) is 6.61 Å². The molecule has 1 aromatic carbocycles. The lowest BCUT2D eigenvalue weighted by Crippen LogP contribution is -2.11. The number of nitriles is 1. The molecule has 1 fully saturated rings. The summed E-state index contributed by atoms with van der Waals surface area (Å²) in [5, 5.41) is 12.2. The van der Waals surface area contributed by atoms with Gasteiger partial charge >= 0.3 is 0 Å². The van der Waals surface area contributed by atoms with Gasteiger partial charge in [-0.25, -0.2) is 4.39 Å². The molecule has 0 saturated carbocycles. The van der Waals surface area contributed by atoms with Crippen LogP contribution in [0.1, 0.15) is 24.0 Å². The normalized spacial score (nSPS) is 18.8. The van der Waals surface area contributed by atoms with Crippen molar-refractivity contribution in [3.8, 4) is 6.07 Å². The van der Waals surface area contributed by atoms with E-state index in [1.165, 1.54) is 24.6 Å². The number of halogens is 1. The van der Waals surface area contributed by atoms with E-state index >= 15 is 0 Å². The van der Waals surface area contributed by atoms with Gasteiger partial charge in [-0.1, -0.05) is 0 Å². The second kappa shape index (κ2) is 6.48. The number of rotatable bonds is 5. The summed E-state index contributed by atoms with van der Waals surface area (Å²) in [6.45, 7) is 3.12. The topological polar surface area (TPSA) is 45.0 Å². The first-order chi connectivity index (χ1) is 8.79. The van der Waals surface area contributed by atoms with E-state index in [2.05, 4.69) is 5.32 Å². The molecule has 0 spiro atoms. The second-order valence-electron chi connectivity index (χ2n) is 4.61. The van der Waals surface area contributed by atoms with E-state index in [4.69, 9.17) is 10.00 Å². The van der Waals surface area contributed by atoms with Crippen molar-refractivity contribution in [2.75, 3.05) is 19.7 Å². The van der Waals surface area contributed by atoms with E-state index in [-0.39, 0.29) is 5.82 Å². The summed E-state index contributed by atoms with van der Waals surface area (Å²) in [5.74, 6) is 0.362. The van der Waals surface area contributed by atoms with Gasteiger partial charge < -0.3 is 10.1 Å². The van der Waals surface area contributed by atoms with E-state index in [1.54, 1.807) is 0 Å². The summed E-state index contributed by atoms with van der Waals surface area (Å²) >= 11 is 0. The van der Waals surface area contributed by atoms with Gasteiger partial charge in [-0.2, -0.15) is 5.26 Å². The largest absolute Gasteiger partial charge is 0.377 e. The van der Waals surface area contributed by atoms with Gasteiger partial charge in [0.1, 0.15) is 5.82 Å². The van der Waals surface area contributed by atoms with E-state index in [0.29, 0.717) is 30.3 Å². The molecule has 1 N–H and O–H groups in total. The van der Waals surface area contributed by atoms with Crippen molar-refractivity contribution in [2.24, 2.45) is 5.92 Å². The quantitative estimate of drug-likeness (QED) is 0.813. The Morgan fingerprint density at radius 3 is 3.11 bits per heavy atom. The van der Waals surface area contributed by atoms with Gasteiger partial charge in [-0.3, -0.25) is 0 Å². The predicted octanol–water partition coefficient (Wildman–Crippen LogP) is 2.21. The molecule has 0 bridgehead atoms. The van der Waals surface area contributed by atoms with Crippen molar-refractivity contribution >= 4 is 0 Å². The molecule has 4 heteroatoms. The van der Waals surface area contributed by atoms with Crippen LogP contribution in [0.3, 0.4) is 0 Å². The first kappa shape index (κ1) is 13.0. The van der Waals surface area contributed by atoms with Gasteiger partial charge in [-0.15, -0.1) is 0 Å². The standard InChI is InChI=1S/C14H17FN2O/c15-14-2-1-12(8-16)13(7-14)10-18-6-4-11-3-5-17-9-11/h1-2,7,11,17H,3-6,9-10H2. The molecule has 3 nitrogen and oxygen atoms in total. The van der Waals surface area contributed by atoms with Crippen LogP contribution in [0.2, 0.25) is 0 Å². The maximum Gasteiger partial charge on any atom is 0.123 e. The van der Waals surface area contributed by atoms with Gasteiger partial charge in [0.15, 0.2) is 0 Å². The van der Waals surface area contributed by atoms with E-state index in [1.807, 2.05) is 6.07 Å². The lowest BCUT2D eigenvalue weighted by Gasteiger charge is -2.09. The summed E-state index contributed by atoms with van der Waals surface area (Å²) in [5.41, 5.74) is 1.11. The third-order valence-electron chi connectivity index (χ3n) is 3.28. The van der Waals surface area contributed by atoms with Crippen molar-refractivity contribution in [1.82, 2.24) is 5.32 Å². The van der Waals surface area contributed by atoms with Crippen LogP contribution >= 0.6 is 0 Å². The SMILES string of the molecule is N#Cc1ccc(F)cc1COCCC1CCNC1. The fraction of sp³-hybridized carbons (Fsp3) is 0.500. The molecule has 18 heavy (non-hydrogen) atoms. The number of hydrogen-bond acceptors (Lipinski definition) is 3.